The number of anilines is 1. The molecule has 0 aromatic heterocycles. The predicted octanol–water partition coefficient (Wildman–Crippen LogP) is 3.34. The van der Waals surface area contributed by atoms with E-state index in [1.807, 2.05) is 0 Å². The van der Waals surface area contributed by atoms with Crippen molar-refractivity contribution in [2.75, 3.05) is 19.0 Å². The van der Waals surface area contributed by atoms with E-state index in [1.165, 1.54) is 13.2 Å². The average Bonchev–Trinajstić information content (AvgIpc) is 2.35. The lowest BCUT2D eigenvalue weighted by Crippen LogP contribution is -2.05. The molecule has 0 saturated heterocycles. The molecule has 18 heavy (non-hydrogen) atoms. The number of unbranched alkanes of at least 4 members (excludes halogenated alkanes) is 2. The first-order valence-corrected chi connectivity index (χ1v) is 5.86. The smallest absolute Gasteiger partial charge is 0.313 e. The van der Waals surface area contributed by atoms with Crippen molar-refractivity contribution < 1.29 is 14.1 Å². The number of nitro groups is 1. The molecule has 1 aromatic rings. The third-order valence-corrected chi connectivity index (χ3v) is 2.56. The molecule has 0 aliphatic rings. The van der Waals surface area contributed by atoms with Gasteiger partial charge in [-0.1, -0.05) is 19.8 Å². The van der Waals surface area contributed by atoms with Crippen LogP contribution in [0.2, 0.25) is 0 Å². The van der Waals surface area contributed by atoms with Crippen LogP contribution in [0.3, 0.4) is 0 Å². The van der Waals surface area contributed by atoms with E-state index >= 15 is 0 Å². The number of hydrogen-bond acceptors (Lipinski definition) is 4. The van der Waals surface area contributed by atoms with E-state index in [0.717, 1.165) is 25.3 Å². The predicted molar refractivity (Wildman–Crippen MR) is 67.6 cm³/mol. The molecule has 0 aliphatic carbocycles. The Morgan fingerprint density at radius 1 is 1.44 bits per heavy atom. The normalized spacial score (nSPS) is 10.2. The van der Waals surface area contributed by atoms with Gasteiger partial charge in [0.05, 0.1) is 23.8 Å². The highest BCUT2D eigenvalue weighted by Crippen LogP contribution is 2.32. The summed E-state index contributed by atoms with van der Waals surface area (Å²) in [6.45, 7) is 2.71. The zero-order valence-corrected chi connectivity index (χ0v) is 10.5. The van der Waals surface area contributed by atoms with Gasteiger partial charge in [0.25, 0.3) is 0 Å². The minimum absolute atomic E-state index is 0.0550. The third-order valence-electron chi connectivity index (χ3n) is 2.56. The Morgan fingerprint density at radius 3 is 2.72 bits per heavy atom. The van der Waals surface area contributed by atoms with Gasteiger partial charge in [0.1, 0.15) is 0 Å². The number of nitrogens with one attached hydrogen (secondary N) is 1. The number of hydrogen-bond donors (Lipinski definition) is 1. The summed E-state index contributed by atoms with van der Waals surface area (Å²) in [6.07, 6.45) is 3.06. The fraction of sp³-hybridized carbons (Fsp3) is 0.500. The third kappa shape index (κ3) is 3.58. The van der Waals surface area contributed by atoms with E-state index < -0.39 is 10.7 Å². The number of nitro benzene ring substituents is 1. The highest BCUT2D eigenvalue weighted by atomic mass is 19.1. The summed E-state index contributed by atoms with van der Waals surface area (Å²) >= 11 is 0. The second-order valence-corrected chi connectivity index (χ2v) is 3.89. The summed E-state index contributed by atoms with van der Waals surface area (Å²) in [5.41, 5.74) is -0.136. The van der Waals surface area contributed by atoms with Crippen LogP contribution in [0.5, 0.6) is 5.75 Å². The highest BCUT2D eigenvalue weighted by molar-refractivity contribution is 5.59. The topological polar surface area (TPSA) is 64.4 Å². The van der Waals surface area contributed by atoms with Gasteiger partial charge in [0.2, 0.25) is 0 Å². The van der Waals surface area contributed by atoms with Crippen LogP contribution in [0.15, 0.2) is 12.1 Å². The van der Waals surface area contributed by atoms with Crippen molar-refractivity contribution in [2.45, 2.75) is 26.2 Å². The summed E-state index contributed by atoms with van der Waals surface area (Å²) in [6, 6.07) is 2.19. The van der Waals surface area contributed by atoms with Crippen LogP contribution in [-0.2, 0) is 0 Å². The van der Waals surface area contributed by atoms with Crippen LogP contribution in [0.1, 0.15) is 26.2 Å². The van der Waals surface area contributed by atoms with Crippen LogP contribution in [0, 0.1) is 15.9 Å². The Labute approximate surface area is 105 Å². The number of benzene rings is 1. The summed E-state index contributed by atoms with van der Waals surface area (Å²) in [4.78, 5) is 10.0. The van der Waals surface area contributed by atoms with Gasteiger partial charge in [-0.2, -0.15) is 0 Å². The molecule has 1 N–H and O–H groups in total. The van der Waals surface area contributed by atoms with Gasteiger partial charge in [-0.05, 0) is 6.42 Å². The summed E-state index contributed by atoms with van der Waals surface area (Å²) in [7, 11) is 1.32. The molecule has 1 aromatic carbocycles. The Balaban J connectivity index is 2.83. The molecule has 0 amide bonds. The van der Waals surface area contributed by atoms with Crippen molar-refractivity contribution in [3.63, 3.8) is 0 Å². The van der Waals surface area contributed by atoms with Crippen molar-refractivity contribution in [2.24, 2.45) is 0 Å². The van der Waals surface area contributed by atoms with Gasteiger partial charge >= 0.3 is 5.69 Å². The minimum Gasteiger partial charge on any atom is -0.490 e. The lowest BCUT2D eigenvalue weighted by Gasteiger charge is -2.09. The fourth-order valence-corrected chi connectivity index (χ4v) is 1.58. The van der Waals surface area contributed by atoms with Gasteiger partial charge in [0, 0.05) is 12.6 Å². The number of nitrogens with zero attached hydrogens (tertiary/aromatic N) is 1. The monoisotopic (exact) mass is 256 g/mol. The van der Waals surface area contributed by atoms with Crippen molar-refractivity contribution in [3.8, 4) is 5.75 Å². The standard InChI is InChI=1S/C12H17FN2O3/c1-3-4-5-6-14-10-8-12(18-2)11(15(16)17)7-9(10)13/h7-8,14H,3-6H2,1-2H3. The first-order valence-electron chi connectivity index (χ1n) is 5.86. The first kappa shape index (κ1) is 14.2. The van der Waals surface area contributed by atoms with E-state index in [0.29, 0.717) is 6.54 Å². The Bertz CT molecular complexity index is 424. The van der Waals surface area contributed by atoms with Crippen molar-refractivity contribution in [1.82, 2.24) is 0 Å². The largest absolute Gasteiger partial charge is 0.490 e. The second-order valence-electron chi connectivity index (χ2n) is 3.89. The molecule has 0 atom stereocenters. The lowest BCUT2D eigenvalue weighted by atomic mass is 10.2. The minimum atomic E-state index is -0.664. The van der Waals surface area contributed by atoms with Crippen LogP contribution in [0.25, 0.3) is 0 Å². The molecule has 0 bridgehead atoms. The number of halogens is 1. The van der Waals surface area contributed by atoms with Gasteiger partial charge in [0.15, 0.2) is 11.6 Å². The van der Waals surface area contributed by atoms with Gasteiger partial charge in [-0.3, -0.25) is 10.1 Å². The first-order chi connectivity index (χ1) is 8.60. The zero-order valence-electron chi connectivity index (χ0n) is 10.5. The maximum atomic E-state index is 13.6. The van der Waals surface area contributed by atoms with E-state index in [2.05, 4.69) is 12.2 Å². The van der Waals surface area contributed by atoms with E-state index in [9.17, 15) is 14.5 Å². The lowest BCUT2D eigenvalue weighted by molar-refractivity contribution is -0.385. The summed E-state index contributed by atoms with van der Waals surface area (Å²) in [5, 5.41) is 13.6. The Kier molecular flexibility index (Phi) is 5.35. The molecule has 5 nitrogen and oxygen atoms in total. The molecule has 100 valence electrons. The van der Waals surface area contributed by atoms with Crippen molar-refractivity contribution in [1.29, 1.82) is 0 Å². The van der Waals surface area contributed by atoms with Crippen LogP contribution < -0.4 is 10.1 Å². The van der Waals surface area contributed by atoms with Gasteiger partial charge in [-0.25, -0.2) is 4.39 Å². The summed E-state index contributed by atoms with van der Waals surface area (Å²) in [5.74, 6) is -0.585. The summed E-state index contributed by atoms with van der Waals surface area (Å²) < 4.78 is 18.5. The molecular weight excluding hydrogens is 239 g/mol. The molecule has 0 saturated carbocycles. The Morgan fingerprint density at radius 2 is 2.17 bits per heavy atom. The molecule has 0 heterocycles. The van der Waals surface area contributed by atoms with Crippen molar-refractivity contribution >= 4 is 11.4 Å². The van der Waals surface area contributed by atoms with E-state index in [4.69, 9.17) is 4.74 Å². The molecule has 0 fully saturated rings. The number of rotatable bonds is 7. The quantitative estimate of drug-likeness (QED) is 0.461. The van der Waals surface area contributed by atoms with Gasteiger partial charge < -0.3 is 10.1 Å². The molecule has 0 spiro atoms. The highest BCUT2D eigenvalue weighted by Gasteiger charge is 2.18. The molecule has 0 aliphatic heterocycles. The Hall–Kier alpha value is -1.85. The van der Waals surface area contributed by atoms with Crippen LogP contribution >= 0.6 is 0 Å². The number of methoxy groups -OCH3 is 1. The fourth-order valence-electron chi connectivity index (χ4n) is 1.58. The van der Waals surface area contributed by atoms with E-state index in [-0.39, 0.29) is 17.1 Å². The SMILES string of the molecule is CCCCCNc1cc(OC)c([N+](=O)[O-])cc1F. The average molecular weight is 256 g/mol. The maximum Gasteiger partial charge on any atom is 0.313 e. The second kappa shape index (κ2) is 6.78. The molecule has 0 radical (unpaired) electrons. The molecular formula is C12H17FN2O3. The van der Waals surface area contributed by atoms with Crippen LogP contribution in [0.4, 0.5) is 15.8 Å². The number of ether oxygens (including phenoxy) is 1. The molecule has 1 rings (SSSR count). The van der Waals surface area contributed by atoms with Gasteiger partial charge in [-0.15, -0.1) is 0 Å². The van der Waals surface area contributed by atoms with Crippen LogP contribution in [-0.4, -0.2) is 18.6 Å². The van der Waals surface area contributed by atoms with Crippen molar-refractivity contribution in [3.05, 3.63) is 28.1 Å². The molecule has 6 heteroatoms. The van der Waals surface area contributed by atoms with E-state index in [1.54, 1.807) is 0 Å². The maximum absolute atomic E-state index is 13.6. The molecule has 0 unspecified atom stereocenters. The zero-order chi connectivity index (χ0) is 13.5.